The Morgan fingerprint density at radius 1 is 0.950 bits per heavy atom. The molecule has 0 radical (unpaired) electrons. The standard InChI is InChI=1S/C33H36ClN3O2S/c1-36(19-25-7-9-26(10-8-25)27-11-15-29(34)16-12-27)30-17-13-28(14-18-30)31-23-40-32(35-31)21-37(22-33(38)39)20-24-5-3-2-4-6-24/h2-6,11-18,23,25-26H,7-10,19-22H2,1H3,(H,38,39). The largest absolute Gasteiger partial charge is 0.480 e. The number of rotatable bonds is 11. The normalized spacial score (nSPS) is 17.2. The second-order valence-corrected chi connectivity index (χ2v) is 12.2. The number of hydrogen-bond acceptors (Lipinski definition) is 5. The lowest BCUT2D eigenvalue weighted by Crippen LogP contribution is -2.28. The van der Waals surface area contributed by atoms with Gasteiger partial charge in [-0.25, -0.2) is 4.98 Å². The Kier molecular flexibility index (Phi) is 9.53. The van der Waals surface area contributed by atoms with Gasteiger partial charge in [-0.15, -0.1) is 11.3 Å². The molecular formula is C33H36ClN3O2S. The molecule has 208 valence electrons. The first-order valence-corrected chi connectivity index (χ1v) is 15.2. The molecule has 0 spiro atoms. The molecule has 1 fully saturated rings. The summed E-state index contributed by atoms with van der Waals surface area (Å²) in [6.07, 6.45) is 4.97. The van der Waals surface area contributed by atoms with Gasteiger partial charge in [0.1, 0.15) is 5.01 Å². The molecule has 0 aliphatic heterocycles. The fourth-order valence-electron chi connectivity index (χ4n) is 5.70. The van der Waals surface area contributed by atoms with Crippen LogP contribution in [0.15, 0.2) is 84.2 Å². The van der Waals surface area contributed by atoms with Gasteiger partial charge >= 0.3 is 5.97 Å². The van der Waals surface area contributed by atoms with Crippen molar-refractivity contribution in [3.63, 3.8) is 0 Å². The van der Waals surface area contributed by atoms with E-state index in [4.69, 9.17) is 16.6 Å². The van der Waals surface area contributed by atoms with Gasteiger partial charge in [0, 0.05) is 41.8 Å². The number of aliphatic carboxylic acids is 1. The molecular weight excluding hydrogens is 538 g/mol. The van der Waals surface area contributed by atoms with E-state index in [2.05, 4.69) is 53.7 Å². The average molecular weight is 574 g/mol. The van der Waals surface area contributed by atoms with Crippen molar-refractivity contribution < 1.29 is 9.90 Å². The van der Waals surface area contributed by atoms with Crippen molar-refractivity contribution in [2.75, 3.05) is 25.0 Å². The van der Waals surface area contributed by atoms with Gasteiger partial charge in [0.2, 0.25) is 0 Å². The maximum absolute atomic E-state index is 11.4. The maximum Gasteiger partial charge on any atom is 0.317 e. The fraction of sp³-hybridized carbons (Fsp3) is 0.333. The number of carboxylic acids is 1. The molecule has 1 N–H and O–H groups in total. The zero-order chi connectivity index (χ0) is 27.9. The average Bonchev–Trinajstić information content (AvgIpc) is 3.42. The summed E-state index contributed by atoms with van der Waals surface area (Å²) in [4.78, 5) is 20.6. The van der Waals surface area contributed by atoms with E-state index in [-0.39, 0.29) is 6.54 Å². The third-order valence-electron chi connectivity index (χ3n) is 7.84. The minimum absolute atomic E-state index is 0.0202. The molecule has 0 atom stereocenters. The van der Waals surface area contributed by atoms with Crippen molar-refractivity contribution in [2.45, 2.75) is 44.7 Å². The Balaban J connectivity index is 1.15. The summed E-state index contributed by atoms with van der Waals surface area (Å²) < 4.78 is 0. The first-order chi connectivity index (χ1) is 19.4. The Morgan fingerprint density at radius 2 is 1.65 bits per heavy atom. The van der Waals surface area contributed by atoms with Crippen molar-refractivity contribution in [1.82, 2.24) is 9.88 Å². The number of halogens is 1. The second-order valence-electron chi connectivity index (χ2n) is 10.8. The number of carboxylic acid groups (broad SMARTS) is 1. The van der Waals surface area contributed by atoms with Crippen molar-refractivity contribution >= 4 is 34.6 Å². The predicted octanol–water partition coefficient (Wildman–Crippen LogP) is 7.96. The SMILES string of the molecule is CN(CC1CCC(c2ccc(Cl)cc2)CC1)c1ccc(-c2csc(CN(CC(=O)O)Cc3ccccc3)n2)cc1. The van der Waals surface area contributed by atoms with Gasteiger partial charge in [0.25, 0.3) is 0 Å². The lowest BCUT2D eigenvalue weighted by atomic mass is 9.78. The van der Waals surface area contributed by atoms with Crippen LogP contribution in [0, 0.1) is 5.92 Å². The Bertz CT molecular complexity index is 1370. The molecule has 0 amide bonds. The number of benzene rings is 3. The topological polar surface area (TPSA) is 56.7 Å². The molecule has 4 aromatic rings. The van der Waals surface area contributed by atoms with Gasteiger partial charge in [0.15, 0.2) is 0 Å². The highest BCUT2D eigenvalue weighted by Gasteiger charge is 2.23. The van der Waals surface area contributed by atoms with Crippen molar-refractivity contribution in [2.24, 2.45) is 5.92 Å². The summed E-state index contributed by atoms with van der Waals surface area (Å²) in [7, 11) is 2.19. The minimum Gasteiger partial charge on any atom is -0.480 e. The molecule has 1 aliphatic carbocycles. The van der Waals surface area contributed by atoms with Crippen LogP contribution >= 0.6 is 22.9 Å². The van der Waals surface area contributed by atoms with Crippen LogP contribution in [-0.4, -0.2) is 41.1 Å². The number of anilines is 1. The van der Waals surface area contributed by atoms with Crippen LogP contribution in [0.1, 0.15) is 47.7 Å². The number of nitrogens with zero attached hydrogens (tertiary/aromatic N) is 3. The van der Waals surface area contributed by atoms with Crippen LogP contribution in [-0.2, 0) is 17.9 Å². The summed E-state index contributed by atoms with van der Waals surface area (Å²) >= 11 is 7.65. The van der Waals surface area contributed by atoms with Crippen LogP contribution in [0.5, 0.6) is 0 Å². The molecule has 0 saturated heterocycles. The van der Waals surface area contributed by atoms with E-state index in [0.717, 1.165) is 33.4 Å². The molecule has 0 unspecified atom stereocenters. The predicted molar refractivity (Wildman–Crippen MR) is 165 cm³/mol. The molecule has 5 rings (SSSR count). The van der Waals surface area contributed by atoms with Crippen molar-refractivity contribution in [3.05, 3.63) is 105 Å². The van der Waals surface area contributed by atoms with Gasteiger partial charge in [-0.1, -0.05) is 66.2 Å². The third-order valence-corrected chi connectivity index (χ3v) is 8.93. The van der Waals surface area contributed by atoms with Crippen LogP contribution < -0.4 is 4.90 Å². The third kappa shape index (κ3) is 7.72. The summed E-state index contributed by atoms with van der Waals surface area (Å²) in [5, 5.41) is 13.2. The van der Waals surface area contributed by atoms with Crippen molar-refractivity contribution in [1.29, 1.82) is 0 Å². The molecule has 1 heterocycles. The number of carbonyl (C=O) groups is 1. The fourth-order valence-corrected chi connectivity index (χ4v) is 6.67. The maximum atomic E-state index is 11.4. The first-order valence-electron chi connectivity index (χ1n) is 13.9. The van der Waals surface area contributed by atoms with Gasteiger partial charge in [-0.3, -0.25) is 9.69 Å². The highest BCUT2D eigenvalue weighted by Crippen LogP contribution is 2.37. The molecule has 5 nitrogen and oxygen atoms in total. The number of aromatic nitrogens is 1. The molecule has 40 heavy (non-hydrogen) atoms. The zero-order valence-electron chi connectivity index (χ0n) is 22.9. The summed E-state index contributed by atoms with van der Waals surface area (Å²) in [5.74, 6) is 0.525. The summed E-state index contributed by atoms with van der Waals surface area (Å²) in [5.41, 5.74) is 5.74. The Morgan fingerprint density at radius 3 is 2.33 bits per heavy atom. The summed E-state index contributed by atoms with van der Waals surface area (Å²) in [6.45, 7) is 2.13. The highest BCUT2D eigenvalue weighted by molar-refractivity contribution is 7.09. The lowest BCUT2D eigenvalue weighted by molar-refractivity contribution is -0.138. The first kappa shape index (κ1) is 28.3. The lowest BCUT2D eigenvalue weighted by Gasteiger charge is -2.32. The van der Waals surface area contributed by atoms with E-state index in [9.17, 15) is 9.90 Å². The van der Waals surface area contributed by atoms with Gasteiger partial charge in [0.05, 0.1) is 18.8 Å². The molecule has 1 aliphatic rings. The monoisotopic (exact) mass is 573 g/mol. The molecule has 0 bridgehead atoms. The Hall–Kier alpha value is -3.19. The zero-order valence-corrected chi connectivity index (χ0v) is 24.5. The van der Waals surface area contributed by atoms with E-state index in [0.29, 0.717) is 24.9 Å². The summed E-state index contributed by atoms with van der Waals surface area (Å²) in [6, 6.07) is 27.0. The van der Waals surface area contributed by atoms with Crippen LogP contribution in [0.4, 0.5) is 5.69 Å². The molecule has 3 aromatic carbocycles. The van der Waals surface area contributed by atoms with Crippen LogP contribution in [0.3, 0.4) is 0 Å². The van der Waals surface area contributed by atoms with E-state index >= 15 is 0 Å². The molecule has 7 heteroatoms. The number of thiazole rings is 1. The van der Waals surface area contributed by atoms with E-state index in [1.807, 2.05) is 47.4 Å². The minimum atomic E-state index is -0.831. The van der Waals surface area contributed by atoms with Gasteiger partial charge in [-0.2, -0.15) is 0 Å². The second kappa shape index (κ2) is 13.4. The number of hydrogen-bond donors (Lipinski definition) is 1. The van der Waals surface area contributed by atoms with Gasteiger partial charge in [-0.05, 0) is 72.9 Å². The van der Waals surface area contributed by atoms with Crippen LogP contribution in [0.2, 0.25) is 5.02 Å². The Labute approximate surface area is 246 Å². The highest BCUT2D eigenvalue weighted by atomic mass is 35.5. The van der Waals surface area contributed by atoms with Gasteiger partial charge < -0.3 is 10.0 Å². The van der Waals surface area contributed by atoms with E-state index in [1.165, 1.54) is 36.9 Å². The van der Waals surface area contributed by atoms with Crippen LogP contribution in [0.25, 0.3) is 11.3 Å². The molecule has 1 aromatic heterocycles. The van der Waals surface area contributed by atoms with E-state index in [1.54, 1.807) is 11.3 Å². The van der Waals surface area contributed by atoms with E-state index < -0.39 is 5.97 Å². The molecule has 1 saturated carbocycles. The smallest absolute Gasteiger partial charge is 0.317 e. The quantitative estimate of drug-likeness (QED) is 0.197. The van der Waals surface area contributed by atoms with Crippen molar-refractivity contribution in [3.8, 4) is 11.3 Å².